The highest BCUT2D eigenvalue weighted by molar-refractivity contribution is 5.95. The minimum absolute atomic E-state index is 0.0675. The summed E-state index contributed by atoms with van der Waals surface area (Å²) in [5.41, 5.74) is 3.13. The Morgan fingerprint density at radius 1 is 1.47 bits per heavy atom. The van der Waals surface area contributed by atoms with Crippen molar-refractivity contribution in [2.75, 3.05) is 25.5 Å². The molecule has 0 atom stereocenters. The Morgan fingerprint density at radius 3 is 3.00 bits per heavy atom. The van der Waals surface area contributed by atoms with Crippen molar-refractivity contribution >= 4 is 11.6 Å². The van der Waals surface area contributed by atoms with Gasteiger partial charge in [0, 0.05) is 31.4 Å². The Hall–Kier alpha value is -1.55. The number of benzene rings is 1. The summed E-state index contributed by atoms with van der Waals surface area (Å²) >= 11 is 0. The Bertz CT molecular complexity index is 495. The van der Waals surface area contributed by atoms with Gasteiger partial charge in [-0.2, -0.15) is 0 Å². The van der Waals surface area contributed by atoms with Crippen LogP contribution in [0.1, 0.15) is 28.8 Å². The molecule has 4 heteroatoms. The predicted molar refractivity (Wildman–Crippen MR) is 74.3 cm³/mol. The van der Waals surface area contributed by atoms with Gasteiger partial charge in [-0.3, -0.25) is 4.79 Å². The number of fused-ring (bicyclic) bond motifs is 1. The minimum atomic E-state index is -0.155. The summed E-state index contributed by atoms with van der Waals surface area (Å²) in [6.07, 6.45) is 2.53. The Labute approximate surface area is 113 Å². The molecule has 1 amide bonds. The van der Waals surface area contributed by atoms with E-state index in [0.717, 1.165) is 43.6 Å². The second-order valence-electron chi connectivity index (χ2n) is 5.73. The number of aliphatic hydroxyl groups excluding tert-OH is 1. The lowest BCUT2D eigenvalue weighted by molar-refractivity contribution is 0.0265. The summed E-state index contributed by atoms with van der Waals surface area (Å²) < 4.78 is 0. The molecule has 0 bridgehead atoms. The molecule has 0 unspecified atom stereocenters. The van der Waals surface area contributed by atoms with Gasteiger partial charge in [-0.15, -0.1) is 0 Å². The molecular weight excluding hydrogens is 240 g/mol. The first-order valence-electron chi connectivity index (χ1n) is 6.94. The topological polar surface area (TPSA) is 52.6 Å². The number of carbonyl (C=O) groups is 1. The summed E-state index contributed by atoms with van der Waals surface area (Å²) in [7, 11) is 1.84. The second kappa shape index (κ2) is 4.85. The fraction of sp³-hybridized carbons (Fsp3) is 0.533. The van der Waals surface area contributed by atoms with E-state index in [-0.39, 0.29) is 12.0 Å². The molecule has 1 saturated carbocycles. The lowest BCUT2D eigenvalue weighted by Gasteiger charge is -2.34. The van der Waals surface area contributed by atoms with Crippen LogP contribution in [0.4, 0.5) is 5.69 Å². The van der Waals surface area contributed by atoms with Gasteiger partial charge >= 0.3 is 0 Å². The highest BCUT2D eigenvalue weighted by Gasteiger charge is 2.29. The van der Waals surface area contributed by atoms with Crippen molar-refractivity contribution in [2.24, 2.45) is 5.92 Å². The number of amides is 1. The van der Waals surface area contributed by atoms with Gasteiger partial charge in [0.05, 0.1) is 6.10 Å². The largest absolute Gasteiger partial charge is 0.393 e. The van der Waals surface area contributed by atoms with Crippen LogP contribution in [0.3, 0.4) is 0 Å². The molecule has 0 aromatic heterocycles. The maximum Gasteiger partial charge on any atom is 0.253 e. The average Bonchev–Trinajstić information content (AvgIpc) is 2.83. The molecule has 2 N–H and O–H groups in total. The number of nitrogens with zero attached hydrogens (tertiary/aromatic N) is 1. The van der Waals surface area contributed by atoms with Crippen molar-refractivity contribution in [3.63, 3.8) is 0 Å². The normalized spacial score (nSPS) is 24.3. The number of rotatable bonds is 3. The summed E-state index contributed by atoms with van der Waals surface area (Å²) in [4.78, 5) is 14.1. The first-order chi connectivity index (χ1) is 9.13. The number of hydrogen-bond donors (Lipinski definition) is 2. The van der Waals surface area contributed by atoms with Crippen molar-refractivity contribution in [3.8, 4) is 0 Å². The summed E-state index contributed by atoms with van der Waals surface area (Å²) in [6.45, 7) is 1.70. The Balaban J connectivity index is 1.66. The lowest BCUT2D eigenvalue weighted by Crippen LogP contribution is -2.39. The number of carbonyl (C=O) groups excluding carboxylic acids is 1. The van der Waals surface area contributed by atoms with Gasteiger partial charge < -0.3 is 15.3 Å². The highest BCUT2D eigenvalue weighted by atomic mass is 16.3. The van der Waals surface area contributed by atoms with Crippen molar-refractivity contribution < 1.29 is 9.90 Å². The minimum Gasteiger partial charge on any atom is -0.393 e. The molecule has 2 aliphatic rings. The van der Waals surface area contributed by atoms with Crippen molar-refractivity contribution in [3.05, 3.63) is 29.3 Å². The van der Waals surface area contributed by atoms with Gasteiger partial charge in [-0.1, -0.05) is 6.07 Å². The van der Waals surface area contributed by atoms with E-state index in [9.17, 15) is 9.90 Å². The van der Waals surface area contributed by atoms with Crippen molar-refractivity contribution in [1.82, 2.24) is 4.90 Å². The fourth-order valence-corrected chi connectivity index (χ4v) is 2.96. The number of hydrogen-bond acceptors (Lipinski definition) is 3. The molecule has 1 heterocycles. The van der Waals surface area contributed by atoms with Crippen LogP contribution >= 0.6 is 0 Å². The molecule has 0 spiro atoms. The number of aliphatic hydroxyl groups is 1. The van der Waals surface area contributed by atoms with Crippen molar-refractivity contribution in [2.45, 2.75) is 25.4 Å². The monoisotopic (exact) mass is 260 g/mol. The van der Waals surface area contributed by atoms with Crippen LogP contribution in [0.2, 0.25) is 0 Å². The van der Waals surface area contributed by atoms with Crippen LogP contribution in [0, 0.1) is 5.92 Å². The molecule has 1 aliphatic carbocycles. The van der Waals surface area contributed by atoms with Crippen LogP contribution in [0.25, 0.3) is 0 Å². The molecule has 0 saturated heterocycles. The van der Waals surface area contributed by atoms with Gasteiger partial charge in [0.2, 0.25) is 0 Å². The van der Waals surface area contributed by atoms with Gasteiger partial charge in [0.1, 0.15) is 0 Å². The molecule has 4 nitrogen and oxygen atoms in total. The maximum absolute atomic E-state index is 12.3. The maximum atomic E-state index is 12.3. The van der Waals surface area contributed by atoms with Gasteiger partial charge in [0.25, 0.3) is 5.91 Å². The SMILES string of the molecule is CN(CC1CC(O)C1)C(=O)c1ccc2c(c1)NCC2. The van der Waals surface area contributed by atoms with E-state index in [1.54, 1.807) is 4.90 Å². The van der Waals surface area contributed by atoms with Crippen molar-refractivity contribution in [1.29, 1.82) is 0 Å². The average molecular weight is 260 g/mol. The zero-order valence-electron chi connectivity index (χ0n) is 11.2. The first kappa shape index (κ1) is 12.5. The molecule has 1 aromatic rings. The molecule has 1 aliphatic heterocycles. The fourth-order valence-electron chi connectivity index (χ4n) is 2.96. The number of nitrogens with one attached hydrogen (secondary N) is 1. The predicted octanol–water partition coefficient (Wildman–Crippen LogP) is 1.50. The third-order valence-corrected chi connectivity index (χ3v) is 4.16. The van der Waals surface area contributed by atoms with Gasteiger partial charge in [-0.25, -0.2) is 0 Å². The van der Waals surface area contributed by atoms with Crippen LogP contribution in [-0.4, -0.2) is 42.2 Å². The van der Waals surface area contributed by atoms with Crippen LogP contribution < -0.4 is 5.32 Å². The second-order valence-corrected chi connectivity index (χ2v) is 5.73. The van der Waals surface area contributed by atoms with E-state index >= 15 is 0 Å². The van der Waals surface area contributed by atoms with Crippen LogP contribution in [0.5, 0.6) is 0 Å². The van der Waals surface area contributed by atoms with E-state index in [1.165, 1.54) is 5.56 Å². The highest BCUT2D eigenvalue weighted by Crippen LogP contribution is 2.28. The van der Waals surface area contributed by atoms with E-state index in [4.69, 9.17) is 0 Å². The standard InChI is InChI=1S/C15H20N2O2/c1-17(9-10-6-13(18)7-10)15(19)12-3-2-11-4-5-16-14(11)8-12/h2-3,8,10,13,16,18H,4-7,9H2,1H3. The molecular formula is C15H20N2O2. The lowest BCUT2D eigenvalue weighted by atomic mass is 9.82. The quantitative estimate of drug-likeness (QED) is 0.866. The zero-order valence-corrected chi connectivity index (χ0v) is 11.2. The third-order valence-electron chi connectivity index (χ3n) is 4.16. The molecule has 102 valence electrons. The summed E-state index contributed by atoms with van der Waals surface area (Å²) in [6, 6.07) is 5.92. The first-order valence-corrected chi connectivity index (χ1v) is 6.94. The Kier molecular flexibility index (Phi) is 3.19. The zero-order chi connectivity index (χ0) is 13.4. The third kappa shape index (κ3) is 2.45. The van der Waals surface area contributed by atoms with Crippen LogP contribution in [0.15, 0.2) is 18.2 Å². The summed E-state index contributed by atoms with van der Waals surface area (Å²) in [5, 5.41) is 12.6. The Morgan fingerprint density at radius 2 is 2.26 bits per heavy atom. The van der Waals surface area contributed by atoms with Gasteiger partial charge in [-0.05, 0) is 42.9 Å². The molecule has 0 radical (unpaired) electrons. The van der Waals surface area contributed by atoms with E-state index in [2.05, 4.69) is 5.32 Å². The molecule has 1 fully saturated rings. The van der Waals surface area contributed by atoms with Crippen LogP contribution in [-0.2, 0) is 6.42 Å². The van der Waals surface area contributed by atoms with E-state index in [1.807, 2.05) is 25.2 Å². The molecule has 1 aromatic carbocycles. The molecule has 19 heavy (non-hydrogen) atoms. The number of anilines is 1. The van der Waals surface area contributed by atoms with E-state index < -0.39 is 0 Å². The van der Waals surface area contributed by atoms with E-state index in [0.29, 0.717) is 5.92 Å². The molecule has 3 rings (SSSR count). The summed E-state index contributed by atoms with van der Waals surface area (Å²) in [5.74, 6) is 0.523. The smallest absolute Gasteiger partial charge is 0.253 e. The van der Waals surface area contributed by atoms with Gasteiger partial charge in [0.15, 0.2) is 0 Å².